The molecule has 3 aromatic rings. The lowest BCUT2D eigenvalue weighted by molar-refractivity contribution is -0.143. The van der Waals surface area contributed by atoms with E-state index in [1.807, 2.05) is 36.4 Å². The third kappa shape index (κ3) is 5.74. The molecule has 6 rings (SSSR count). The van der Waals surface area contributed by atoms with Gasteiger partial charge in [0.2, 0.25) is 0 Å². The van der Waals surface area contributed by atoms with Crippen LogP contribution in [0, 0.1) is 11.8 Å². The monoisotopic (exact) mass is 564 g/mol. The largest absolute Gasteiger partial charge is 0.416 e. The number of pyridine rings is 1. The number of halogens is 6. The van der Waals surface area contributed by atoms with Gasteiger partial charge in [-0.25, -0.2) is 0 Å². The van der Waals surface area contributed by atoms with Crippen molar-refractivity contribution in [2.45, 2.75) is 37.3 Å². The predicted octanol–water partition coefficient (Wildman–Crippen LogP) is 7.20. The van der Waals surface area contributed by atoms with Crippen molar-refractivity contribution in [2.75, 3.05) is 18.4 Å². The molecule has 1 aromatic heterocycles. The topological polar surface area (TPSA) is 40.2 Å². The summed E-state index contributed by atoms with van der Waals surface area (Å²) in [5.74, 6) is 0.787. The van der Waals surface area contributed by atoms with Gasteiger partial charge in [-0.05, 0) is 79.3 Å². The van der Waals surface area contributed by atoms with Crippen LogP contribution in [0.3, 0.4) is 0 Å². The van der Waals surface area contributed by atoms with Gasteiger partial charge in [-0.1, -0.05) is 24.3 Å². The fourth-order valence-electron chi connectivity index (χ4n) is 5.83. The van der Waals surface area contributed by atoms with Crippen molar-refractivity contribution >= 4 is 33.9 Å². The first-order valence-corrected chi connectivity index (χ1v) is 12.9. The van der Waals surface area contributed by atoms with Crippen LogP contribution < -0.4 is 10.6 Å². The smallest absolute Gasteiger partial charge is 0.354 e. The van der Waals surface area contributed by atoms with E-state index in [9.17, 15) is 26.3 Å². The lowest BCUT2D eigenvalue weighted by Crippen LogP contribution is -2.57. The van der Waals surface area contributed by atoms with Crippen molar-refractivity contribution < 1.29 is 26.3 Å². The molecule has 3 aliphatic rings. The Bertz CT molecular complexity index is 1350. The number of alkyl halides is 6. The minimum atomic E-state index is -4.96. The molecule has 5 atom stereocenters. The standard InChI is InChI=1S/C28H26F6N4S/c1-2-16-15-38-10-8-17(16)11-24(38)25(22-7-9-35-23-6-4-3-5-21(22)23)37-26(39)36-20-13-18(27(29,30)31)12-19(14-20)28(32,33)34/h2-7,9,12-14,16-17,24-25H,1,8,10-11,15H2,(H2,36,37,39)/t16-,17-,24-,25-/m1/s1. The molecule has 39 heavy (non-hydrogen) atoms. The molecule has 11 heteroatoms. The second kappa shape index (κ2) is 10.4. The first kappa shape index (κ1) is 27.4. The molecule has 0 radical (unpaired) electrons. The highest BCUT2D eigenvalue weighted by molar-refractivity contribution is 7.80. The van der Waals surface area contributed by atoms with Crippen molar-refractivity contribution in [1.82, 2.24) is 15.2 Å². The van der Waals surface area contributed by atoms with Crippen LogP contribution in [0.15, 0.2) is 67.4 Å². The molecule has 0 aliphatic carbocycles. The Balaban J connectivity index is 1.48. The van der Waals surface area contributed by atoms with Crippen molar-refractivity contribution in [3.63, 3.8) is 0 Å². The molecule has 206 valence electrons. The number of hydrogen-bond acceptors (Lipinski definition) is 3. The Morgan fingerprint density at radius 2 is 1.74 bits per heavy atom. The number of nitrogens with zero attached hydrogens (tertiary/aromatic N) is 2. The molecule has 3 fully saturated rings. The van der Waals surface area contributed by atoms with E-state index in [0.29, 0.717) is 24.0 Å². The number of fused-ring (bicyclic) bond motifs is 4. The molecular weight excluding hydrogens is 538 g/mol. The Hall–Kier alpha value is -3.18. The molecule has 0 spiro atoms. The number of nitrogens with one attached hydrogen (secondary N) is 2. The number of aromatic nitrogens is 1. The molecule has 0 amide bonds. The third-order valence-corrected chi connectivity index (χ3v) is 7.91. The SMILES string of the molecule is C=C[C@@H]1CN2CC[C@@H]1C[C@@H]2[C@H](NC(=S)Nc1cc(C(F)(F)F)cc(C(F)(F)F)c1)c1ccnc2ccccc12. The van der Waals surface area contributed by atoms with Gasteiger partial charge in [-0.3, -0.25) is 9.88 Å². The van der Waals surface area contributed by atoms with E-state index in [2.05, 4.69) is 27.1 Å². The van der Waals surface area contributed by atoms with E-state index >= 15 is 0 Å². The Morgan fingerprint density at radius 3 is 2.36 bits per heavy atom. The highest BCUT2D eigenvalue weighted by Gasteiger charge is 2.43. The molecule has 1 unspecified atom stereocenters. The lowest BCUT2D eigenvalue weighted by atomic mass is 9.73. The maximum absolute atomic E-state index is 13.4. The Kier molecular flexibility index (Phi) is 7.32. The van der Waals surface area contributed by atoms with Crippen LogP contribution in [-0.2, 0) is 12.4 Å². The normalized spacial score (nSPS) is 23.8. The summed E-state index contributed by atoms with van der Waals surface area (Å²) < 4.78 is 80.3. The first-order chi connectivity index (χ1) is 18.4. The van der Waals surface area contributed by atoms with Gasteiger partial charge >= 0.3 is 12.4 Å². The van der Waals surface area contributed by atoms with Crippen LogP contribution in [0.25, 0.3) is 10.9 Å². The summed E-state index contributed by atoms with van der Waals surface area (Å²) in [6, 6.07) is 10.4. The number of para-hydroxylation sites is 1. The van der Waals surface area contributed by atoms with E-state index in [0.717, 1.165) is 42.4 Å². The molecule has 2 N–H and O–H groups in total. The van der Waals surface area contributed by atoms with Gasteiger partial charge < -0.3 is 10.6 Å². The first-order valence-electron chi connectivity index (χ1n) is 12.5. The second-order valence-electron chi connectivity index (χ2n) is 10.0. The van der Waals surface area contributed by atoms with Gasteiger partial charge in [0.1, 0.15) is 0 Å². The number of hydrogen-bond donors (Lipinski definition) is 2. The zero-order valence-electron chi connectivity index (χ0n) is 20.7. The molecule has 4 nitrogen and oxygen atoms in total. The number of thiocarbonyl (C=S) groups is 1. The molecule has 3 aliphatic heterocycles. The predicted molar refractivity (Wildman–Crippen MR) is 142 cm³/mol. The van der Waals surface area contributed by atoms with Crippen LogP contribution in [-0.4, -0.2) is 34.1 Å². The van der Waals surface area contributed by atoms with Gasteiger partial charge in [0.25, 0.3) is 0 Å². The van der Waals surface area contributed by atoms with Crippen LogP contribution in [0.1, 0.15) is 35.6 Å². The highest BCUT2D eigenvalue weighted by Crippen LogP contribution is 2.42. The van der Waals surface area contributed by atoms with Crippen molar-refractivity contribution in [3.05, 3.63) is 84.1 Å². The summed E-state index contributed by atoms with van der Waals surface area (Å²) in [6.07, 6.45) is -4.37. The molecule has 4 heterocycles. The van der Waals surface area contributed by atoms with E-state index in [1.165, 1.54) is 0 Å². The fourth-order valence-corrected chi connectivity index (χ4v) is 6.07. The van der Waals surface area contributed by atoms with Crippen LogP contribution in [0.5, 0.6) is 0 Å². The van der Waals surface area contributed by atoms with E-state index in [-0.39, 0.29) is 23.3 Å². The minimum absolute atomic E-state index is 0.00208. The Labute approximate surface area is 227 Å². The Morgan fingerprint density at radius 1 is 1.05 bits per heavy atom. The van der Waals surface area contributed by atoms with Crippen LogP contribution >= 0.6 is 12.2 Å². The number of rotatable bonds is 5. The maximum Gasteiger partial charge on any atom is 0.416 e. The summed E-state index contributed by atoms with van der Waals surface area (Å²) in [7, 11) is 0. The number of benzene rings is 2. The van der Waals surface area contributed by atoms with E-state index < -0.39 is 29.2 Å². The summed E-state index contributed by atoms with van der Waals surface area (Å²) in [5, 5.41) is 6.65. The van der Waals surface area contributed by atoms with E-state index in [1.54, 1.807) is 6.20 Å². The summed E-state index contributed by atoms with van der Waals surface area (Å²) in [4.78, 5) is 6.79. The van der Waals surface area contributed by atoms with Crippen molar-refractivity contribution in [1.29, 1.82) is 0 Å². The zero-order chi connectivity index (χ0) is 27.9. The number of piperidine rings is 3. The highest BCUT2D eigenvalue weighted by atomic mass is 32.1. The fraction of sp³-hybridized carbons (Fsp3) is 0.357. The van der Waals surface area contributed by atoms with Crippen LogP contribution in [0.2, 0.25) is 0 Å². The van der Waals surface area contributed by atoms with Gasteiger partial charge in [0.05, 0.1) is 22.7 Å². The summed E-state index contributed by atoms with van der Waals surface area (Å²) in [5.41, 5.74) is -1.55. The number of anilines is 1. The average molecular weight is 565 g/mol. The second-order valence-corrected chi connectivity index (χ2v) is 10.4. The quantitative estimate of drug-likeness (QED) is 0.195. The van der Waals surface area contributed by atoms with Crippen LogP contribution in [0.4, 0.5) is 32.0 Å². The third-order valence-electron chi connectivity index (χ3n) is 7.69. The average Bonchev–Trinajstić information content (AvgIpc) is 2.90. The van der Waals surface area contributed by atoms with Gasteiger partial charge in [0, 0.05) is 29.9 Å². The lowest BCUT2D eigenvalue weighted by Gasteiger charge is -2.52. The van der Waals surface area contributed by atoms with Gasteiger partial charge in [-0.2, -0.15) is 26.3 Å². The summed E-state index contributed by atoms with van der Waals surface area (Å²) in [6.45, 7) is 5.68. The molecule has 2 bridgehead atoms. The minimum Gasteiger partial charge on any atom is -0.354 e. The van der Waals surface area contributed by atoms with Gasteiger partial charge in [-0.15, -0.1) is 6.58 Å². The molecule has 3 saturated heterocycles. The van der Waals surface area contributed by atoms with Crippen molar-refractivity contribution in [2.24, 2.45) is 11.8 Å². The van der Waals surface area contributed by atoms with E-state index in [4.69, 9.17) is 12.2 Å². The molecule has 2 aromatic carbocycles. The maximum atomic E-state index is 13.4. The van der Waals surface area contributed by atoms with Gasteiger partial charge in [0.15, 0.2) is 5.11 Å². The summed E-state index contributed by atoms with van der Waals surface area (Å²) >= 11 is 5.47. The zero-order valence-corrected chi connectivity index (χ0v) is 21.5. The molecular formula is C28H26F6N4S. The molecule has 0 saturated carbocycles. The van der Waals surface area contributed by atoms with Crippen molar-refractivity contribution in [3.8, 4) is 0 Å².